The van der Waals surface area contributed by atoms with E-state index in [1.54, 1.807) is 7.11 Å². The van der Waals surface area contributed by atoms with Crippen molar-refractivity contribution >= 4 is 5.91 Å². The highest BCUT2D eigenvalue weighted by Gasteiger charge is 2.32. The summed E-state index contributed by atoms with van der Waals surface area (Å²) in [5, 5.41) is 7.33. The van der Waals surface area contributed by atoms with E-state index in [-0.39, 0.29) is 23.2 Å². The van der Waals surface area contributed by atoms with Crippen molar-refractivity contribution < 1.29 is 9.53 Å². The van der Waals surface area contributed by atoms with Crippen molar-refractivity contribution in [2.45, 2.75) is 52.6 Å². The Bertz CT molecular complexity index is 612. The van der Waals surface area contributed by atoms with Crippen LogP contribution in [-0.2, 0) is 11.3 Å². The predicted molar refractivity (Wildman–Crippen MR) is 93.0 cm³/mol. The van der Waals surface area contributed by atoms with Gasteiger partial charge < -0.3 is 10.1 Å². The zero-order valence-corrected chi connectivity index (χ0v) is 15.1. The number of aromatic nitrogens is 2. The van der Waals surface area contributed by atoms with Gasteiger partial charge >= 0.3 is 0 Å². The van der Waals surface area contributed by atoms with Crippen LogP contribution in [0.3, 0.4) is 0 Å². The van der Waals surface area contributed by atoms with Crippen LogP contribution in [0.5, 0.6) is 0 Å². The normalized spacial score (nSPS) is 24.1. The number of nitrogens with one attached hydrogen (secondary N) is 1. The van der Waals surface area contributed by atoms with E-state index in [1.807, 2.05) is 0 Å². The number of methoxy groups -OCH3 is 1. The molecule has 1 N–H and O–H groups in total. The average molecular weight is 335 g/mol. The van der Waals surface area contributed by atoms with Crippen LogP contribution in [0, 0.1) is 17.8 Å². The zero-order chi connectivity index (χ0) is 17.7. The van der Waals surface area contributed by atoms with Crippen LogP contribution in [0.15, 0.2) is 16.9 Å². The molecule has 1 aliphatic carbocycles. The molecule has 0 saturated heterocycles. The molecule has 6 heteroatoms. The Morgan fingerprint density at radius 2 is 2.17 bits per heavy atom. The van der Waals surface area contributed by atoms with Crippen LogP contribution in [0.1, 0.15) is 50.5 Å². The number of hydrogen-bond acceptors (Lipinski definition) is 4. The van der Waals surface area contributed by atoms with Gasteiger partial charge in [-0.3, -0.25) is 9.59 Å². The summed E-state index contributed by atoms with van der Waals surface area (Å²) in [7, 11) is 1.57. The van der Waals surface area contributed by atoms with Crippen molar-refractivity contribution in [3.05, 3.63) is 28.2 Å². The SMILES string of the molecule is COCCn1nc(C(=O)NC2CC(C)CCC2C(C)C)ccc1=O. The molecule has 24 heavy (non-hydrogen) atoms. The van der Waals surface area contributed by atoms with Crippen molar-refractivity contribution in [2.24, 2.45) is 17.8 Å². The van der Waals surface area contributed by atoms with Gasteiger partial charge in [0.2, 0.25) is 0 Å². The van der Waals surface area contributed by atoms with E-state index < -0.39 is 0 Å². The minimum absolute atomic E-state index is 0.169. The summed E-state index contributed by atoms with van der Waals surface area (Å²) >= 11 is 0. The number of rotatable bonds is 6. The number of carbonyl (C=O) groups is 1. The second kappa shape index (κ2) is 8.42. The van der Waals surface area contributed by atoms with Crippen molar-refractivity contribution in [3.63, 3.8) is 0 Å². The van der Waals surface area contributed by atoms with Gasteiger partial charge in [0, 0.05) is 19.2 Å². The lowest BCUT2D eigenvalue weighted by molar-refractivity contribution is 0.0859. The quantitative estimate of drug-likeness (QED) is 0.864. The average Bonchev–Trinajstić information content (AvgIpc) is 2.53. The number of hydrogen-bond donors (Lipinski definition) is 1. The van der Waals surface area contributed by atoms with Crippen LogP contribution < -0.4 is 10.9 Å². The minimum Gasteiger partial charge on any atom is -0.383 e. The Morgan fingerprint density at radius 1 is 1.42 bits per heavy atom. The molecule has 1 aromatic rings. The maximum Gasteiger partial charge on any atom is 0.271 e. The first-order chi connectivity index (χ1) is 11.4. The van der Waals surface area contributed by atoms with Crippen LogP contribution in [0.2, 0.25) is 0 Å². The molecule has 6 nitrogen and oxygen atoms in total. The highest BCUT2D eigenvalue weighted by Crippen LogP contribution is 2.33. The Balaban J connectivity index is 2.11. The molecule has 1 amide bonds. The van der Waals surface area contributed by atoms with Crippen LogP contribution in [0.25, 0.3) is 0 Å². The first kappa shape index (κ1) is 18.6. The number of ether oxygens (including phenoxy) is 1. The molecular formula is C18H29N3O3. The second-order valence-electron chi connectivity index (χ2n) is 7.18. The zero-order valence-electron chi connectivity index (χ0n) is 15.1. The summed E-state index contributed by atoms with van der Waals surface area (Å²) in [6.45, 7) is 7.38. The lowest BCUT2D eigenvalue weighted by Gasteiger charge is -2.37. The minimum atomic E-state index is -0.227. The van der Waals surface area contributed by atoms with Crippen LogP contribution in [-0.4, -0.2) is 35.4 Å². The number of nitrogens with zero attached hydrogens (tertiary/aromatic N) is 2. The van der Waals surface area contributed by atoms with Gasteiger partial charge in [0.05, 0.1) is 13.2 Å². The van der Waals surface area contributed by atoms with E-state index >= 15 is 0 Å². The van der Waals surface area contributed by atoms with Gasteiger partial charge in [-0.15, -0.1) is 0 Å². The molecule has 1 aliphatic rings. The Kier molecular flexibility index (Phi) is 6.54. The molecule has 3 unspecified atom stereocenters. The monoisotopic (exact) mass is 335 g/mol. The summed E-state index contributed by atoms with van der Waals surface area (Å²) in [6.07, 6.45) is 3.36. The van der Waals surface area contributed by atoms with E-state index in [9.17, 15) is 9.59 Å². The number of carbonyl (C=O) groups excluding carboxylic acids is 1. The Labute approximate surface area is 143 Å². The van der Waals surface area contributed by atoms with Gasteiger partial charge in [-0.05, 0) is 36.7 Å². The van der Waals surface area contributed by atoms with E-state index in [0.717, 1.165) is 12.8 Å². The molecule has 3 atom stereocenters. The molecule has 1 saturated carbocycles. The molecule has 0 bridgehead atoms. The standard InChI is InChI=1S/C18H29N3O3/c1-12(2)14-6-5-13(3)11-16(14)19-18(23)15-7-8-17(22)21(20-15)9-10-24-4/h7-8,12-14,16H,5-6,9-11H2,1-4H3,(H,19,23). The van der Waals surface area contributed by atoms with Gasteiger partial charge in [0.25, 0.3) is 11.5 Å². The smallest absolute Gasteiger partial charge is 0.271 e. The third-order valence-corrected chi connectivity index (χ3v) is 4.95. The summed E-state index contributed by atoms with van der Waals surface area (Å²) in [5.41, 5.74) is 0.0568. The van der Waals surface area contributed by atoms with Gasteiger partial charge in [-0.25, -0.2) is 4.68 Å². The molecule has 2 rings (SSSR count). The molecule has 134 valence electrons. The highest BCUT2D eigenvalue weighted by molar-refractivity contribution is 5.92. The molecular weight excluding hydrogens is 306 g/mol. The molecule has 0 radical (unpaired) electrons. The van der Waals surface area contributed by atoms with Crippen molar-refractivity contribution in [2.75, 3.05) is 13.7 Å². The van der Waals surface area contributed by atoms with E-state index in [0.29, 0.717) is 30.9 Å². The third kappa shape index (κ3) is 4.66. The first-order valence-electron chi connectivity index (χ1n) is 8.80. The molecule has 1 heterocycles. The van der Waals surface area contributed by atoms with Crippen molar-refractivity contribution in [3.8, 4) is 0 Å². The largest absolute Gasteiger partial charge is 0.383 e. The first-order valence-corrected chi connectivity index (χ1v) is 8.80. The van der Waals surface area contributed by atoms with Gasteiger partial charge in [0.1, 0.15) is 5.69 Å². The topological polar surface area (TPSA) is 73.2 Å². The Hall–Kier alpha value is -1.69. The molecule has 0 aliphatic heterocycles. The maximum absolute atomic E-state index is 12.6. The fourth-order valence-corrected chi connectivity index (χ4v) is 3.52. The van der Waals surface area contributed by atoms with Crippen molar-refractivity contribution in [1.82, 2.24) is 15.1 Å². The van der Waals surface area contributed by atoms with Crippen molar-refractivity contribution in [1.29, 1.82) is 0 Å². The number of amides is 1. The second-order valence-corrected chi connectivity index (χ2v) is 7.18. The van der Waals surface area contributed by atoms with Crippen LogP contribution >= 0.6 is 0 Å². The predicted octanol–water partition coefficient (Wildman–Crippen LogP) is 2.08. The summed E-state index contributed by atoms with van der Waals surface area (Å²) in [4.78, 5) is 24.4. The summed E-state index contributed by atoms with van der Waals surface area (Å²) < 4.78 is 6.25. The van der Waals surface area contributed by atoms with E-state index in [4.69, 9.17) is 4.74 Å². The van der Waals surface area contributed by atoms with Gasteiger partial charge in [0.15, 0.2) is 0 Å². The fourth-order valence-electron chi connectivity index (χ4n) is 3.52. The van der Waals surface area contributed by atoms with Crippen LogP contribution in [0.4, 0.5) is 0 Å². The Morgan fingerprint density at radius 3 is 2.83 bits per heavy atom. The molecule has 0 aromatic carbocycles. The third-order valence-electron chi connectivity index (χ3n) is 4.95. The fraction of sp³-hybridized carbons (Fsp3) is 0.722. The van der Waals surface area contributed by atoms with E-state index in [1.165, 1.54) is 23.2 Å². The van der Waals surface area contributed by atoms with Gasteiger partial charge in [-0.1, -0.05) is 27.2 Å². The van der Waals surface area contributed by atoms with E-state index in [2.05, 4.69) is 31.2 Å². The lowest BCUT2D eigenvalue weighted by Crippen LogP contribution is -2.46. The lowest BCUT2D eigenvalue weighted by atomic mass is 9.74. The van der Waals surface area contributed by atoms with Gasteiger partial charge in [-0.2, -0.15) is 5.10 Å². The molecule has 0 spiro atoms. The maximum atomic E-state index is 12.6. The summed E-state index contributed by atoms with van der Waals surface area (Å²) in [5.74, 6) is 1.44. The highest BCUT2D eigenvalue weighted by atomic mass is 16.5. The summed E-state index contributed by atoms with van der Waals surface area (Å²) in [6, 6.07) is 3.06. The molecule has 1 fully saturated rings. The molecule has 1 aromatic heterocycles.